The number of nitrogens with zero attached hydrogens (tertiary/aromatic N) is 3. The quantitative estimate of drug-likeness (QED) is 0.599. The lowest BCUT2D eigenvalue weighted by Crippen LogP contribution is -2.24. The summed E-state index contributed by atoms with van der Waals surface area (Å²) in [5.41, 5.74) is 2.58. The van der Waals surface area contributed by atoms with Gasteiger partial charge in [-0.1, -0.05) is 12.1 Å². The molecule has 150 valence electrons. The molecule has 2 aromatic heterocycles. The Kier molecular flexibility index (Phi) is 6.53. The summed E-state index contributed by atoms with van der Waals surface area (Å²) in [7, 11) is 1.48. The molecule has 8 nitrogen and oxygen atoms in total. The number of methoxy groups -OCH3 is 1. The fourth-order valence-corrected chi connectivity index (χ4v) is 3.31. The molecule has 3 rings (SSSR count). The van der Waals surface area contributed by atoms with Crippen LogP contribution in [0.5, 0.6) is 5.88 Å². The molecule has 1 atom stereocenters. The molecule has 0 saturated heterocycles. The van der Waals surface area contributed by atoms with Crippen molar-refractivity contribution in [2.75, 3.05) is 11.4 Å². The molecule has 29 heavy (non-hydrogen) atoms. The van der Waals surface area contributed by atoms with Gasteiger partial charge < -0.3 is 14.6 Å². The van der Waals surface area contributed by atoms with E-state index in [4.69, 9.17) is 4.74 Å². The van der Waals surface area contributed by atoms with E-state index in [0.717, 1.165) is 9.87 Å². The number of aryl methyl sites for hydroxylation is 1. The summed E-state index contributed by atoms with van der Waals surface area (Å²) in [6, 6.07) is 11.7. The van der Waals surface area contributed by atoms with Gasteiger partial charge in [0.05, 0.1) is 35.9 Å². The van der Waals surface area contributed by atoms with Crippen LogP contribution >= 0.6 is 0 Å². The first-order chi connectivity index (χ1) is 14.0. The maximum Gasteiger partial charge on any atom is 0.251 e. The normalized spacial score (nSPS) is 11.6. The fraction of sp³-hybridized carbons (Fsp3) is 0.150. The Morgan fingerprint density at radius 3 is 2.69 bits per heavy atom. The second-order valence-electron chi connectivity index (χ2n) is 6.12. The third kappa shape index (κ3) is 4.95. The average molecular weight is 411 g/mol. The number of rotatable bonds is 7. The van der Waals surface area contributed by atoms with Crippen LogP contribution < -0.4 is 14.4 Å². The van der Waals surface area contributed by atoms with Crippen molar-refractivity contribution >= 4 is 28.5 Å². The lowest BCUT2D eigenvalue weighted by molar-refractivity contribution is 0.0951. The van der Waals surface area contributed by atoms with Crippen molar-refractivity contribution in [2.24, 2.45) is 0 Å². The maximum atomic E-state index is 12.6. The number of hydrogen-bond acceptors (Lipinski definition) is 6. The van der Waals surface area contributed by atoms with Crippen molar-refractivity contribution < 1.29 is 18.3 Å². The topological polar surface area (TPSA) is 107 Å². The second-order valence-corrected chi connectivity index (χ2v) is 6.91. The van der Waals surface area contributed by atoms with E-state index in [0.29, 0.717) is 34.9 Å². The molecule has 1 N–H and O–H groups in total. The number of amides is 1. The summed E-state index contributed by atoms with van der Waals surface area (Å²) in [5, 5.41) is 2.80. The van der Waals surface area contributed by atoms with Crippen LogP contribution in [0.4, 0.5) is 11.4 Å². The third-order valence-corrected chi connectivity index (χ3v) is 4.89. The van der Waals surface area contributed by atoms with Crippen LogP contribution in [-0.4, -0.2) is 31.7 Å². The van der Waals surface area contributed by atoms with Gasteiger partial charge in [0, 0.05) is 30.6 Å². The summed E-state index contributed by atoms with van der Waals surface area (Å²) in [6.07, 6.45) is 4.71. The van der Waals surface area contributed by atoms with Crippen molar-refractivity contribution in [3.63, 3.8) is 0 Å². The van der Waals surface area contributed by atoms with Gasteiger partial charge in [0.1, 0.15) is 0 Å². The van der Waals surface area contributed by atoms with E-state index in [1.807, 2.05) is 6.07 Å². The number of pyridine rings is 2. The van der Waals surface area contributed by atoms with Gasteiger partial charge in [0.15, 0.2) is 0 Å². The Labute approximate surface area is 171 Å². The van der Waals surface area contributed by atoms with E-state index < -0.39 is 11.3 Å². The van der Waals surface area contributed by atoms with Crippen molar-refractivity contribution in [1.82, 2.24) is 15.3 Å². The van der Waals surface area contributed by atoms with Crippen molar-refractivity contribution in [3.8, 4) is 5.88 Å². The summed E-state index contributed by atoms with van der Waals surface area (Å²) >= 11 is -2.62. The van der Waals surface area contributed by atoms with Gasteiger partial charge in [0.25, 0.3) is 5.91 Å². The molecule has 0 spiro atoms. The van der Waals surface area contributed by atoms with Gasteiger partial charge in [-0.25, -0.2) is 4.98 Å². The summed E-state index contributed by atoms with van der Waals surface area (Å²) in [6.45, 7) is 2.08. The van der Waals surface area contributed by atoms with Crippen LogP contribution in [0, 0.1) is 6.92 Å². The molecule has 0 radical (unpaired) electrons. The number of anilines is 2. The Morgan fingerprint density at radius 2 is 2.07 bits per heavy atom. The molecule has 1 unspecified atom stereocenters. The Bertz CT molecular complexity index is 1010. The number of aromatic nitrogens is 2. The second kappa shape index (κ2) is 9.26. The Balaban J connectivity index is 1.87. The molecule has 0 aliphatic carbocycles. The highest BCUT2D eigenvalue weighted by molar-refractivity contribution is 7.81. The molecule has 0 aliphatic rings. The lowest BCUT2D eigenvalue weighted by Gasteiger charge is -2.28. The SMILES string of the molecule is COc1ccc(N(c2cc(C(=O)NCc3cccnc3)ccc2C)S(=O)[O-])cn1. The first kappa shape index (κ1) is 20.4. The first-order valence-corrected chi connectivity index (χ1v) is 9.70. The standard InChI is InChI=1S/C20H20N4O4S/c1-14-5-6-16(20(25)23-12-15-4-3-9-21-11-15)10-18(14)24(29(26)27)17-7-8-19(28-2)22-13-17/h3-11,13H,12H2,1-2H3,(H,23,25)(H,26,27)/p-1. The summed E-state index contributed by atoms with van der Waals surface area (Å²) in [5.74, 6) is 0.0465. The van der Waals surface area contributed by atoms with Crippen LogP contribution in [0.1, 0.15) is 21.5 Å². The monoisotopic (exact) mass is 411 g/mol. The zero-order valence-electron chi connectivity index (χ0n) is 15.9. The zero-order chi connectivity index (χ0) is 20.8. The highest BCUT2D eigenvalue weighted by Crippen LogP contribution is 2.31. The largest absolute Gasteiger partial charge is 0.755 e. The van der Waals surface area contributed by atoms with Gasteiger partial charge in [-0.05, 0) is 42.3 Å². The predicted octanol–water partition coefficient (Wildman–Crippen LogP) is 2.66. The van der Waals surface area contributed by atoms with E-state index in [1.165, 1.54) is 19.4 Å². The lowest BCUT2D eigenvalue weighted by atomic mass is 10.1. The van der Waals surface area contributed by atoms with Gasteiger partial charge in [0.2, 0.25) is 5.88 Å². The molecule has 9 heteroatoms. The third-order valence-electron chi connectivity index (χ3n) is 4.18. The smallest absolute Gasteiger partial charge is 0.251 e. The highest BCUT2D eigenvalue weighted by Gasteiger charge is 2.16. The maximum absolute atomic E-state index is 12.6. The summed E-state index contributed by atoms with van der Waals surface area (Å²) < 4.78 is 30.0. The molecule has 3 aromatic rings. The number of ether oxygens (including phenoxy) is 1. The van der Waals surface area contributed by atoms with Crippen molar-refractivity contribution in [1.29, 1.82) is 0 Å². The van der Waals surface area contributed by atoms with Gasteiger partial charge >= 0.3 is 0 Å². The molecule has 0 fully saturated rings. The minimum absolute atomic E-state index is 0.315. The van der Waals surface area contributed by atoms with E-state index in [-0.39, 0.29) is 5.91 Å². The number of nitrogens with one attached hydrogen (secondary N) is 1. The zero-order valence-corrected chi connectivity index (χ0v) is 16.7. The number of carbonyl (C=O) groups excluding carboxylic acids is 1. The molecule has 0 saturated carbocycles. The van der Waals surface area contributed by atoms with Crippen LogP contribution in [0.3, 0.4) is 0 Å². The molecular weight excluding hydrogens is 392 g/mol. The molecular formula is C20H19N4O4S-. The van der Waals surface area contributed by atoms with E-state index in [2.05, 4.69) is 15.3 Å². The van der Waals surface area contributed by atoms with E-state index >= 15 is 0 Å². The van der Waals surface area contributed by atoms with Crippen molar-refractivity contribution in [2.45, 2.75) is 13.5 Å². The molecule has 2 heterocycles. The average Bonchev–Trinajstić information content (AvgIpc) is 2.74. The van der Waals surface area contributed by atoms with Crippen LogP contribution in [0.2, 0.25) is 0 Å². The van der Waals surface area contributed by atoms with E-state index in [1.54, 1.807) is 49.6 Å². The molecule has 0 bridgehead atoms. The number of carbonyl (C=O) groups is 1. The van der Waals surface area contributed by atoms with Crippen LogP contribution in [0.15, 0.2) is 61.1 Å². The minimum Gasteiger partial charge on any atom is -0.755 e. The predicted molar refractivity (Wildman–Crippen MR) is 108 cm³/mol. The van der Waals surface area contributed by atoms with Gasteiger partial charge in [-0.15, -0.1) is 0 Å². The Hall–Kier alpha value is -3.30. The van der Waals surface area contributed by atoms with Gasteiger partial charge in [-0.2, -0.15) is 0 Å². The molecule has 0 aliphatic heterocycles. The van der Waals surface area contributed by atoms with Gasteiger partial charge in [-0.3, -0.25) is 18.3 Å². The van der Waals surface area contributed by atoms with Crippen LogP contribution in [-0.2, 0) is 17.8 Å². The number of hydrogen-bond donors (Lipinski definition) is 1. The Morgan fingerprint density at radius 1 is 1.24 bits per heavy atom. The van der Waals surface area contributed by atoms with Crippen LogP contribution in [0.25, 0.3) is 0 Å². The highest BCUT2D eigenvalue weighted by atomic mass is 32.2. The van der Waals surface area contributed by atoms with E-state index in [9.17, 15) is 13.6 Å². The number of benzene rings is 1. The summed E-state index contributed by atoms with van der Waals surface area (Å²) in [4.78, 5) is 20.6. The molecule has 1 aromatic carbocycles. The fourth-order valence-electron chi connectivity index (χ4n) is 2.68. The first-order valence-electron chi connectivity index (χ1n) is 8.67. The molecule has 1 amide bonds. The minimum atomic E-state index is -2.62. The van der Waals surface area contributed by atoms with Crippen molar-refractivity contribution in [3.05, 3.63) is 77.7 Å².